The van der Waals surface area contributed by atoms with Gasteiger partial charge in [0.05, 0.1) is 0 Å². The Labute approximate surface area is 95.6 Å². The molecule has 0 fully saturated rings. The quantitative estimate of drug-likeness (QED) is 0.543. The number of aromatic amines is 3. The SMILES string of the molecule is O=C(c1ncc[nH]1)c1ncc[nH]1.c1nc[nH]n1. The minimum Gasteiger partial charge on any atom is -0.342 e. The number of carbonyl (C=O) groups is 1. The molecule has 17 heavy (non-hydrogen) atoms. The van der Waals surface area contributed by atoms with Gasteiger partial charge in [0.15, 0.2) is 11.6 Å². The lowest BCUT2D eigenvalue weighted by molar-refractivity contribution is 0.102. The van der Waals surface area contributed by atoms with Crippen molar-refractivity contribution in [2.24, 2.45) is 0 Å². The summed E-state index contributed by atoms with van der Waals surface area (Å²) in [4.78, 5) is 28.0. The standard InChI is InChI=1S/C7H6N4O.C2H3N3/c12-5(6-8-1-2-9-6)7-10-3-4-11-7;1-3-2-5-4-1/h1-4H,(H,8,9)(H,10,11);1-2H,(H,3,4,5). The van der Waals surface area contributed by atoms with Crippen LogP contribution < -0.4 is 0 Å². The molecule has 8 nitrogen and oxygen atoms in total. The van der Waals surface area contributed by atoms with Crippen LogP contribution in [0.5, 0.6) is 0 Å². The second-order valence-corrected chi connectivity index (χ2v) is 2.86. The Balaban J connectivity index is 0.000000181. The predicted octanol–water partition coefficient (Wildman–Crippen LogP) is 0.168. The van der Waals surface area contributed by atoms with Gasteiger partial charge < -0.3 is 9.97 Å². The fraction of sp³-hybridized carbons (Fsp3) is 0. The number of carbonyl (C=O) groups excluding carboxylic acids is 1. The van der Waals surface area contributed by atoms with E-state index in [-0.39, 0.29) is 5.78 Å². The summed E-state index contributed by atoms with van der Waals surface area (Å²) in [7, 11) is 0. The van der Waals surface area contributed by atoms with Gasteiger partial charge in [0, 0.05) is 24.8 Å². The van der Waals surface area contributed by atoms with Gasteiger partial charge in [-0.1, -0.05) is 0 Å². The van der Waals surface area contributed by atoms with Crippen LogP contribution in [-0.2, 0) is 0 Å². The van der Waals surface area contributed by atoms with Gasteiger partial charge in [-0.2, -0.15) is 5.10 Å². The van der Waals surface area contributed by atoms with Gasteiger partial charge >= 0.3 is 0 Å². The normalized spacial score (nSPS) is 9.41. The number of H-pyrrole nitrogens is 3. The molecule has 0 bridgehead atoms. The maximum atomic E-state index is 11.4. The van der Waals surface area contributed by atoms with Crippen LogP contribution in [0.1, 0.15) is 16.4 Å². The number of hydrogen-bond acceptors (Lipinski definition) is 5. The van der Waals surface area contributed by atoms with Crippen molar-refractivity contribution in [2.45, 2.75) is 0 Å². The van der Waals surface area contributed by atoms with Crippen LogP contribution >= 0.6 is 0 Å². The van der Waals surface area contributed by atoms with Gasteiger partial charge in [0.25, 0.3) is 5.78 Å². The van der Waals surface area contributed by atoms with Gasteiger partial charge in [-0.15, -0.1) is 0 Å². The van der Waals surface area contributed by atoms with Crippen molar-refractivity contribution in [3.8, 4) is 0 Å². The number of aromatic nitrogens is 7. The number of hydrogen-bond donors (Lipinski definition) is 3. The second-order valence-electron chi connectivity index (χ2n) is 2.86. The summed E-state index contributed by atoms with van der Waals surface area (Å²) in [6, 6.07) is 0. The molecule has 0 radical (unpaired) electrons. The molecule has 0 aromatic carbocycles. The second kappa shape index (κ2) is 5.35. The molecule has 3 heterocycles. The Morgan fingerprint density at radius 3 is 2.00 bits per heavy atom. The third kappa shape index (κ3) is 2.84. The molecule has 3 aromatic rings. The first-order valence-electron chi connectivity index (χ1n) is 4.70. The topological polar surface area (TPSA) is 116 Å². The van der Waals surface area contributed by atoms with E-state index in [1.165, 1.54) is 25.0 Å². The number of imidazole rings is 2. The Hall–Kier alpha value is -2.77. The van der Waals surface area contributed by atoms with E-state index in [0.717, 1.165) is 0 Å². The summed E-state index contributed by atoms with van der Waals surface area (Å²) < 4.78 is 0. The highest BCUT2D eigenvalue weighted by atomic mass is 16.1. The molecule has 3 rings (SSSR count). The highest BCUT2D eigenvalue weighted by Crippen LogP contribution is 1.98. The summed E-state index contributed by atoms with van der Waals surface area (Å²) in [5.74, 6) is 0.361. The minimum atomic E-state index is -0.231. The van der Waals surface area contributed by atoms with E-state index in [4.69, 9.17) is 0 Å². The van der Waals surface area contributed by atoms with Crippen molar-refractivity contribution in [1.29, 1.82) is 0 Å². The van der Waals surface area contributed by atoms with Crippen molar-refractivity contribution in [3.63, 3.8) is 0 Å². The number of rotatable bonds is 2. The first-order chi connectivity index (χ1) is 8.38. The Bertz CT molecular complexity index is 472. The van der Waals surface area contributed by atoms with E-state index in [1.54, 1.807) is 12.4 Å². The first kappa shape index (κ1) is 10.7. The Morgan fingerprint density at radius 1 is 1.06 bits per heavy atom. The van der Waals surface area contributed by atoms with Gasteiger partial charge in [-0.25, -0.2) is 15.0 Å². The van der Waals surface area contributed by atoms with Crippen molar-refractivity contribution in [2.75, 3.05) is 0 Å². The number of nitrogens with zero attached hydrogens (tertiary/aromatic N) is 4. The zero-order valence-electron chi connectivity index (χ0n) is 8.66. The van der Waals surface area contributed by atoms with Crippen molar-refractivity contribution in [1.82, 2.24) is 35.1 Å². The smallest absolute Gasteiger partial charge is 0.263 e. The van der Waals surface area contributed by atoms with Gasteiger partial charge in [-0.05, 0) is 0 Å². The summed E-state index contributed by atoms with van der Waals surface area (Å²) >= 11 is 0. The Morgan fingerprint density at radius 2 is 1.71 bits per heavy atom. The molecule has 0 saturated carbocycles. The fourth-order valence-corrected chi connectivity index (χ4v) is 1.06. The average molecular weight is 231 g/mol. The molecule has 0 spiro atoms. The largest absolute Gasteiger partial charge is 0.342 e. The molecule has 0 unspecified atom stereocenters. The summed E-state index contributed by atoms with van der Waals surface area (Å²) in [5.41, 5.74) is 0. The molecule has 3 N–H and O–H groups in total. The molecule has 0 saturated heterocycles. The van der Waals surface area contributed by atoms with Crippen LogP contribution in [0.15, 0.2) is 37.4 Å². The number of nitrogens with one attached hydrogen (secondary N) is 3. The predicted molar refractivity (Wildman–Crippen MR) is 57.0 cm³/mol. The first-order valence-corrected chi connectivity index (χ1v) is 4.70. The number of ketones is 1. The third-order valence-corrected chi connectivity index (χ3v) is 1.76. The molecule has 0 aliphatic carbocycles. The molecule has 0 aliphatic rings. The average Bonchev–Trinajstić information content (AvgIpc) is 3.11. The van der Waals surface area contributed by atoms with E-state index < -0.39 is 0 Å². The lowest BCUT2D eigenvalue weighted by atomic mass is 10.3. The molecule has 3 aromatic heterocycles. The van der Waals surface area contributed by atoms with Gasteiger partial charge in [0.1, 0.15) is 12.7 Å². The fourth-order valence-electron chi connectivity index (χ4n) is 1.06. The van der Waals surface area contributed by atoms with Gasteiger partial charge in [-0.3, -0.25) is 9.89 Å². The van der Waals surface area contributed by atoms with Crippen LogP contribution in [0.25, 0.3) is 0 Å². The summed E-state index contributed by atoms with van der Waals surface area (Å²) in [6.45, 7) is 0. The van der Waals surface area contributed by atoms with Crippen LogP contribution in [-0.4, -0.2) is 40.9 Å². The molecule has 86 valence electrons. The zero-order valence-corrected chi connectivity index (χ0v) is 8.66. The maximum Gasteiger partial charge on any atom is 0.263 e. The van der Waals surface area contributed by atoms with E-state index in [2.05, 4.69) is 35.1 Å². The maximum absolute atomic E-state index is 11.4. The summed E-state index contributed by atoms with van der Waals surface area (Å²) in [5, 5.41) is 5.99. The van der Waals surface area contributed by atoms with Gasteiger partial charge in [0.2, 0.25) is 0 Å². The lowest BCUT2D eigenvalue weighted by Gasteiger charge is -1.89. The molecular weight excluding hydrogens is 222 g/mol. The van der Waals surface area contributed by atoms with Crippen molar-refractivity contribution < 1.29 is 4.79 Å². The highest BCUT2D eigenvalue weighted by Gasteiger charge is 2.12. The molecule has 0 atom stereocenters. The van der Waals surface area contributed by atoms with Crippen LogP contribution in [0.2, 0.25) is 0 Å². The third-order valence-electron chi connectivity index (χ3n) is 1.76. The monoisotopic (exact) mass is 231 g/mol. The van der Waals surface area contributed by atoms with Crippen LogP contribution in [0.4, 0.5) is 0 Å². The minimum absolute atomic E-state index is 0.231. The van der Waals surface area contributed by atoms with Crippen molar-refractivity contribution >= 4 is 5.78 Å². The molecular formula is C9H9N7O. The van der Waals surface area contributed by atoms with E-state index in [1.807, 2.05) is 0 Å². The van der Waals surface area contributed by atoms with Crippen molar-refractivity contribution in [3.05, 3.63) is 49.1 Å². The van der Waals surface area contributed by atoms with Crippen LogP contribution in [0.3, 0.4) is 0 Å². The lowest BCUT2D eigenvalue weighted by Crippen LogP contribution is -2.05. The van der Waals surface area contributed by atoms with Crippen LogP contribution in [0, 0.1) is 0 Å². The highest BCUT2D eigenvalue weighted by molar-refractivity contribution is 6.03. The Kier molecular flexibility index (Phi) is 3.38. The van der Waals surface area contributed by atoms with E-state index in [9.17, 15) is 4.79 Å². The van der Waals surface area contributed by atoms with E-state index in [0.29, 0.717) is 11.6 Å². The molecule has 8 heteroatoms. The summed E-state index contributed by atoms with van der Waals surface area (Å²) in [6.07, 6.45) is 9.19. The molecule has 0 amide bonds. The zero-order chi connectivity index (χ0) is 11.9. The molecule has 0 aliphatic heterocycles. The van der Waals surface area contributed by atoms with E-state index >= 15 is 0 Å².